The zero-order valence-electron chi connectivity index (χ0n) is 18.9. The van der Waals surface area contributed by atoms with E-state index in [-0.39, 0.29) is 12.4 Å². The van der Waals surface area contributed by atoms with Crippen LogP contribution in [-0.2, 0) is 16.1 Å². The molecule has 34 heavy (non-hydrogen) atoms. The fourth-order valence-electron chi connectivity index (χ4n) is 6.16. The van der Waals surface area contributed by atoms with E-state index in [2.05, 4.69) is 10.0 Å². The van der Waals surface area contributed by atoms with Crippen molar-refractivity contribution in [3.05, 3.63) is 74.6 Å². The summed E-state index contributed by atoms with van der Waals surface area (Å²) >= 11 is 6.33. The Kier molecular flexibility index (Phi) is 6.40. The molecule has 0 saturated heterocycles. The first-order valence-corrected chi connectivity index (χ1v) is 12.0. The van der Waals surface area contributed by atoms with Gasteiger partial charge in [-0.05, 0) is 90.6 Å². The molecule has 8 heteroatoms. The third kappa shape index (κ3) is 4.59. The van der Waals surface area contributed by atoms with Crippen molar-refractivity contribution in [3.8, 4) is 5.75 Å². The van der Waals surface area contributed by atoms with Gasteiger partial charge in [0.25, 0.3) is 0 Å². The van der Waals surface area contributed by atoms with Gasteiger partial charge in [0.1, 0.15) is 12.4 Å². The quantitative estimate of drug-likeness (QED) is 0.105. The van der Waals surface area contributed by atoms with Crippen LogP contribution in [0.4, 0.5) is 10.5 Å². The Morgan fingerprint density at radius 3 is 2.35 bits per heavy atom. The maximum Gasteiger partial charge on any atom is 0.514 e. The molecule has 4 aliphatic rings. The Balaban J connectivity index is 1.30. The number of allylic oxidation sites excluding steroid dienone is 1. The van der Waals surface area contributed by atoms with Crippen LogP contribution in [0.3, 0.4) is 0 Å². The van der Waals surface area contributed by atoms with Gasteiger partial charge in [-0.3, -0.25) is 0 Å². The molecule has 0 heterocycles. The van der Waals surface area contributed by atoms with Gasteiger partial charge in [-0.15, -0.1) is 0 Å². The summed E-state index contributed by atoms with van der Waals surface area (Å²) in [7, 11) is 1.71. The van der Waals surface area contributed by atoms with Crippen molar-refractivity contribution in [2.45, 2.75) is 38.7 Å². The van der Waals surface area contributed by atoms with Gasteiger partial charge in [-0.25, -0.2) is 4.79 Å². The molecule has 4 saturated carbocycles. The number of nitrogens with zero attached hydrogens (tertiary/aromatic N) is 3. The summed E-state index contributed by atoms with van der Waals surface area (Å²) in [5, 5.41) is 3.84. The highest BCUT2D eigenvalue weighted by Crippen LogP contribution is 2.58. The molecular weight excluding hydrogens is 454 g/mol. The molecular formula is C26H26ClN3O4. The second-order valence-electron chi connectivity index (χ2n) is 9.43. The van der Waals surface area contributed by atoms with Crippen LogP contribution in [0.25, 0.3) is 16.2 Å². The van der Waals surface area contributed by atoms with Crippen molar-refractivity contribution in [1.29, 1.82) is 0 Å². The van der Waals surface area contributed by atoms with Gasteiger partial charge in [-0.1, -0.05) is 41.0 Å². The fourth-order valence-corrected chi connectivity index (χ4v) is 6.32. The van der Waals surface area contributed by atoms with E-state index in [1.165, 1.54) is 37.7 Å². The molecule has 0 aliphatic heterocycles. The minimum atomic E-state index is -0.848. The minimum Gasteiger partial charge on any atom is -0.496 e. The number of rotatable bonds is 6. The van der Waals surface area contributed by atoms with Gasteiger partial charge in [0.15, 0.2) is 5.75 Å². The Morgan fingerprint density at radius 1 is 1.06 bits per heavy atom. The van der Waals surface area contributed by atoms with Crippen LogP contribution in [-0.4, -0.2) is 13.3 Å². The minimum absolute atomic E-state index is 0.0196. The normalized spacial score (nSPS) is 24.4. The van der Waals surface area contributed by atoms with E-state index in [9.17, 15) is 4.79 Å². The third-order valence-electron chi connectivity index (χ3n) is 7.32. The fraction of sp³-hybridized carbons (Fsp3) is 0.423. The summed E-state index contributed by atoms with van der Waals surface area (Å²) < 4.78 is 16.6. The van der Waals surface area contributed by atoms with Crippen LogP contribution >= 0.6 is 11.6 Å². The molecule has 0 atom stereocenters. The molecule has 176 valence electrons. The summed E-state index contributed by atoms with van der Waals surface area (Å²) in [4.78, 5) is 15.1. The van der Waals surface area contributed by atoms with Crippen molar-refractivity contribution in [2.75, 3.05) is 7.11 Å². The molecule has 0 N–H and O–H groups in total. The predicted molar refractivity (Wildman–Crippen MR) is 128 cm³/mol. The maximum atomic E-state index is 12.3. The molecule has 4 bridgehead atoms. The summed E-state index contributed by atoms with van der Waals surface area (Å²) in [6.45, 7) is 0.0196. The number of ether oxygens (including phenoxy) is 3. The SMILES string of the molecule is COC(=C1C2CC3CC(C2)CC1C3)c1ccc(Cl)c(OC(=O)OCc2ccc(N=[N+]=[N-])cc2)c1. The number of halogens is 1. The van der Waals surface area contributed by atoms with Gasteiger partial charge < -0.3 is 14.2 Å². The Labute approximate surface area is 203 Å². The van der Waals surface area contributed by atoms with E-state index in [0.29, 0.717) is 22.5 Å². The number of methoxy groups -OCH3 is 1. The number of azide groups is 1. The van der Waals surface area contributed by atoms with Gasteiger partial charge in [0.2, 0.25) is 0 Å². The summed E-state index contributed by atoms with van der Waals surface area (Å²) in [5.41, 5.74) is 12.0. The van der Waals surface area contributed by atoms with Crippen LogP contribution in [0.15, 0.2) is 53.2 Å². The van der Waals surface area contributed by atoms with Crippen LogP contribution in [0.2, 0.25) is 5.02 Å². The van der Waals surface area contributed by atoms with Crippen LogP contribution in [0.1, 0.15) is 43.2 Å². The molecule has 0 unspecified atom stereocenters. The van der Waals surface area contributed by atoms with E-state index in [1.54, 1.807) is 43.5 Å². The number of hydrogen-bond donors (Lipinski definition) is 0. The van der Waals surface area contributed by atoms with E-state index in [1.807, 2.05) is 6.07 Å². The van der Waals surface area contributed by atoms with E-state index in [0.717, 1.165) is 28.7 Å². The molecule has 2 aromatic carbocycles. The first-order valence-electron chi connectivity index (χ1n) is 11.6. The maximum absolute atomic E-state index is 12.3. The standard InChI is InChI=1S/C26H26ClN3O4/c1-32-25(24-19-9-16-8-17(11-19)12-20(24)10-16)18-4-7-22(27)23(13-18)34-26(31)33-14-15-2-5-21(6-3-15)29-30-28/h2-7,13,16-17,19-20H,8-12,14H2,1H3. The highest BCUT2D eigenvalue weighted by Gasteiger charge is 2.46. The van der Waals surface area contributed by atoms with E-state index in [4.69, 9.17) is 31.3 Å². The lowest BCUT2D eigenvalue weighted by Gasteiger charge is -2.51. The lowest BCUT2D eigenvalue weighted by molar-refractivity contribution is 0.0675. The zero-order chi connectivity index (χ0) is 23.7. The molecule has 4 aliphatic carbocycles. The molecule has 0 aromatic heterocycles. The molecule has 7 nitrogen and oxygen atoms in total. The largest absolute Gasteiger partial charge is 0.514 e. The highest BCUT2D eigenvalue weighted by molar-refractivity contribution is 6.32. The van der Waals surface area contributed by atoms with Gasteiger partial charge in [0.05, 0.1) is 12.1 Å². The Hall–Kier alpha value is -3.15. The number of hydrogen-bond acceptors (Lipinski definition) is 5. The van der Waals surface area contributed by atoms with Crippen molar-refractivity contribution < 1.29 is 19.0 Å². The number of carbonyl (C=O) groups excluding carboxylic acids is 1. The van der Waals surface area contributed by atoms with Gasteiger partial charge in [-0.2, -0.15) is 0 Å². The molecule has 0 radical (unpaired) electrons. The molecule has 4 fully saturated rings. The van der Waals surface area contributed by atoms with Crippen LogP contribution in [0.5, 0.6) is 5.75 Å². The summed E-state index contributed by atoms with van der Waals surface area (Å²) in [5.74, 6) is 4.02. The second-order valence-corrected chi connectivity index (χ2v) is 9.84. The zero-order valence-corrected chi connectivity index (χ0v) is 19.7. The summed E-state index contributed by atoms with van der Waals surface area (Å²) in [6.07, 6.45) is 5.55. The van der Waals surface area contributed by atoms with Crippen LogP contribution in [0, 0.1) is 23.7 Å². The number of carbonyl (C=O) groups is 1. The first kappa shape index (κ1) is 22.6. The Bertz CT molecular complexity index is 1140. The van der Waals surface area contributed by atoms with Crippen molar-refractivity contribution in [2.24, 2.45) is 28.8 Å². The molecule has 0 spiro atoms. The van der Waals surface area contributed by atoms with Crippen molar-refractivity contribution >= 4 is 29.2 Å². The highest BCUT2D eigenvalue weighted by atomic mass is 35.5. The topological polar surface area (TPSA) is 93.5 Å². The van der Waals surface area contributed by atoms with Crippen molar-refractivity contribution in [1.82, 2.24) is 0 Å². The first-order chi connectivity index (χ1) is 16.5. The number of benzene rings is 2. The second kappa shape index (κ2) is 9.61. The smallest absolute Gasteiger partial charge is 0.496 e. The third-order valence-corrected chi connectivity index (χ3v) is 7.64. The van der Waals surface area contributed by atoms with E-state index >= 15 is 0 Å². The average molecular weight is 480 g/mol. The van der Waals surface area contributed by atoms with Crippen molar-refractivity contribution in [3.63, 3.8) is 0 Å². The lowest BCUT2D eigenvalue weighted by Crippen LogP contribution is -2.40. The van der Waals surface area contributed by atoms with Crippen LogP contribution < -0.4 is 4.74 Å². The molecule has 2 aromatic rings. The predicted octanol–water partition coefficient (Wildman–Crippen LogP) is 7.81. The van der Waals surface area contributed by atoms with Gasteiger partial charge >= 0.3 is 6.16 Å². The molecule has 0 amide bonds. The monoisotopic (exact) mass is 479 g/mol. The summed E-state index contributed by atoms with van der Waals surface area (Å²) in [6, 6.07) is 12.1. The van der Waals surface area contributed by atoms with Gasteiger partial charge in [0, 0.05) is 16.2 Å². The molecule has 6 rings (SSSR count). The lowest BCUT2D eigenvalue weighted by atomic mass is 9.54. The Morgan fingerprint density at radius 2 is 1.74 bits per heavy atom. The average Bonchev–Trinajstić information content (AvgIpc) is 2.82. The van der Waals surface area contributed by atoms with E-state index < -0.39 is 6.16 Å².